The molecule has 136 valence electrons. The topological polar surface area (TPSA) is 17.3 Å². The summed E-state index contributed by atoms with van der Waals surface area (Å²) in [4.78, 5) is 5.03. The van der Waals surface area contributed by atoms with E-state index in [1.165, 1.54) is 33.0 Å². The van der Waals surface area contributed by atoms with E-state index in [2.05, 4.69) is 108 Å². The summed E-state index contributed by atoms with van der Waals surface area (Å²) >= 11 is 0. The van der Waals surface area contributed by atoms with E-state index in [-0.39, 0.29) is 0 Å². The van der Waals surface area contributed by atoms with E-state index in [0.29, 0.717) is 0 Å². The highest BCUT2D eigenvalue weighted by Crippen LogP contribution is 2.44. The fourth-order valence-electron chi connectivity index (χ4n) is 4.37. The first-order valence-electron chi connectivity index (χ1n) is 9.84. The molecule has 0 radical (unpaired) electrons. The highest BCUT2D eigenvalue weighted by Gasteiger charge is 2.20. The number of hydrogen-bond acceptors (Lipinski definition) is 1. The van der Waals surface area contributed by atoms with E-state index in [9.17, 15) is 0 Å². The zero-order valence-corrected chi connectivity index (χ0v) is 15.8. The van der Waals surface area contributed by atoms with Crippen LogP contribution in [0.5, 0.6) is 0 Å². The smallest absolute Gasteiger partial charge is 0.137 e. The SMILES string of the molecule is c1ccc(-c2c(-c3ccccc3)c3c(nc4ccccn43)c3ccccc23)cc1. The van der Waals surface area contributed by atoms with Crippen molar-refractivity contribution in [1.82, 2.24) is 9.38 Å². The maximum Gasteiger partial charge on any atom is 0.137 e. The Bertz CT molecular complexity index is 1480. The third-order valence-corrected chi connectivity index (χ3v) is 5.59. The summed E-state index contributed by atoms with van der Waals surface area (Å²) < 4.78 is 2.22. The number of imidazole rings is 1. The molecule has 0 fully saturated rings. The molecule has 0 bridgehead atoms. The predicted octanol–water partition coefficient (Wildman–Crippen LogP) is 6.97. The second-order valence-electron chi connectivity index (χ2n) is 7.27. The van der Waals surface area contributed by atoms with Gasteiger partial charge in [0.25, 0.3) is 0 Å². The minimum atomic E-state index is 0.968. The summed E-state index contributed by atoms with van der Waals surface area (Å²) in [7, 11) is 0. The fourth-order valence-corrected chi connectivity index (χ4v) is 4.37. The van der Waals surface area contributed by atoms with Crippen molar-refractivity contribution in [1.29, 1.82) is 0 Å². The van der Waals surface area contributed by atoms with Gasteiger partial charge in [-0.05, 0) is 34.2 Å². The van der Waals surface area contributed by atoms with E-state index < -0.39 is 0 Å². The van der Waals surface area contributed by atoms with Crippen LogP contribution in [0.15, 0.2) is 109 Å². The summed E-state index contributed by atoms with van der Waals surface area (Å²) in [5.74, 6) is 0. The van der Waals surface area contributed by atoms with Crippen molar-refractivity contribution in [3.05, 3.63) is 109 Å². The molecule has 0 aliphatic carbocycles. The normalized spacial score (nSPS) is 11.4. The largest absolute Gasteiger partial charge is 0.299 e. The van der Waals surface area contributed by atoms with Gasteiger partial charge in [0.15, 0.2) is 0 Å². The predicted molar refractivity (Wildman–Crippen MR) is 121 cm³/mol. The first-order valence-corrected chi connectivity index (χ1v) is 9.84. The van der Waals surface area contributed by atoms with E-state index >= 15 is 0 Å². The second kappa shape index (κ2) is 6.32. The van der Waals surface area contributed by atoms with Crippen molar-refractivity contribution in [2.45, 2.75) is 0 Å². The average Bonchev–Trinajstić information content (AvgIpc) is 3.19. The molecule has 2 nitrogen and oxygen atoms in total. The molecule has 0 saturated carbocycles. The number of aromatic nitrogens is 2. The van der Waals surface area contributed by atoms with Crippen LogP contribution < -0.4 is 0 Å². The lowest BCUT2D eigenvalue weighted by Gasteiger charge is -2.16. The molecule has 0 aliphatic rings. The number of rotatable bonds is 2. The van der Waals surface area contributed by atoms with Gasteiger partial charge < -0.3 is 0 Å². The van der Waals surface area contributed by atoms with E-state index in [1.807, 2.05) is 6.07 Å². The van der Waals surface area contributed by atoms with Gasteiger partial charge in [-0.1, -0.05) is 91.0 Å². The van der Waals surface area contributed by atoms with Crippen molar-refractivity contribution in [3.63, 3.8) is 0 Å². The van der Waals surface area contributed by atoms with E-state index in [0.717, 1.165) is 16.7 Å². The van der Waals surface area contributed by atoms with Gasteiger partial charge in [-0.3, -0.25) is 4.40 Å². The Balaban J connectivity index is 1.94. The van der Waals surface area contributed by atoms with Gasteiger partial charge in [-0.25, -0.2) is 4.98 Å². The third kappa shape index (κ3) is 2.39. The summed E-state index contributed by atoms with van der Waals surface area (Å²) in [5, 5.41) is 2.41. The van der Waals surface area contributed by atoms with Crippen LogP contribution in [0.2, 0.25) is 0 Å². The summed E-state index contributed by atoms with van der Waals surface area (Å²) in [6.45, 7) is 0. The van der Waals surface area contributed by atoms with E-state index in [1.54, 1.807) is 0 Å². The van der Waals surface area contributed by atoms with Gasteiger partial charge in [0.1, 0.15) is 5.65 Å². The first-order chi connectivity index (χ1) is 14.4. The Morgan fingerprint density at radius 1 is 0.517 bits per heavy atom. The lowest BCUT2D eigenvalue weighted by Crippen LogP contribution is -1.93. The Labute approximate surface area is 168 Å². The maximum absolute atomic E-state index is 5.03. The van der Waals surface area contributed by atoms with Gasteiger partial charge in [-0.2, -0.15) is 0 Å². The minimum Gasteiger partial charge on any atom is -0.299 e. The van der Waals surface area contributed by atoms with Gasteiger partial charge in [0, 0.05) is 17.1 Å². The van der Waals surface area contributed by atoms with Crippen molar-refractivity contribution in [3.8, 4) is 22.3 Å². The molecule has 6 rings (SSSR count). The number of pyridine rings is 1. The molecular weight excluding hydrogens is 352 g/mol. The van der Waals surface area contributed by atoms with Crippen molar-refractivity contribution in [2.75, 3.05) is 0 Å². The average molecular weight is 370 g/mol. The lowest BCUT2D eigenvalue weighted by atomic mass is 9.88. The minimum absolute atomic E-state index is 0.968. The van der Waals surface area contributed by atoms with Gasteiger partial charge in [0.2, 0.25) is 0 Å². The summed E-state index contributed by atoms with van der Waals surface area (Å²) in [5.41, 5.74) is 8.07. The molecule has 0 amide bonds. The van der Waals surface area contributed by atoms with Gasteiger partial charge in [-0.15, -0.1) is 0 Å². The number of nitrogens with zero attached hydrogens (tertiary/aromatic N) is 2. The van der Waals surface area contributed by atoms with Crippen LogP contribution in [-0.2, 0) is 0 Å². The van der Waals surface area contributed by atoms with Crippen LogP contribution >= 0.6 is 0 Å². The maximum atomic E-state index is 5.03. The Morgan fingerprint density at radius 2 is 1.10 bits per heavy atom. The molecular formula is C27H18N2. The standard InChI is InChI=1S/C27H18N2/c1-3-11-19(12-4-1)24-21-15-7-8-16-22(21)26-27(25(24)20-13-5-2-6-14-20)29-18-10-9-17-23(29)28-26/h1-18H. The van der Waals surface area contributed by atoms with Crippen molar-refractivity contribution in [2.24, 2.45) is 0 Å². The van der Waals surface area contributed by atoms with Gasteiger partial charge in [0.05, 0.1) is 11.0 Å². The first kappa shape index (κ1) is 16.1. The van der Waals surface area contributed by atoms with Crippen LogP contribution in [0, 0.1) is 0 Å². The van der Waals surface area contributed by atoms with Crippen LogP contribution in [0.25, 0.3) is 49.7 Å². The van der Waals surface area contributed by atoms with Crippen LogP contribution in [0.3, 0.4) is 0 Å². The highest BCUT2D eigenvalue weighted by atomic mass is 15.0. The number of fused-ring (bicyclic) bond motifs is 5. The molecule has 2 aromatic heterocycles. The lowest BCUT2D eigenvalue weighted by molar-refractivity contribution is 1.23. The van der Waals surface area contributed by atoms with E-state index in [4.69, 9.17) is 4.98 Å². The van der Waals surface area contributed by atoms with Gasteiger partial charge >= 0.3 is 0 Å². The third-order valence-electron chi connectivity index (χ3n) is 5.59. The van der Waals surface area contributed by atoms with Crippen LogP contribution in [0.1, 0.15) is 0 Å². The Kier molecular flexibility index (Phi) is 3.50. The molecule has 2 heterocycles. The second-order valence-corrected chi connectivity index (χ2v) is 7.27. The molecule has 0 aliphatic heterocycles. The highest BCUT2D eigenvalue weighted by molar-refractivity contribution is 6.20. The molecule has 0 spiro atoms. The summed E-state index contributed by atoms with van der Waals surface area (Å²) in [6, 6.07) is 36.2. The monoisotopic (exact) mass is 370 g/mol. The molecule has 4 aromatic carbocycles. The molecule has 6 aromatic rings. The van der Waals surface area contributed by atoms with Crippen LogP contribution in [0.4, 0.5) is 0 Å². The number of benzene rings is 4. The number of hydrogen-bond donors (Lipinski definition) is 0. The molecule has 0 unspecified atom stereocenters. The molecule has 0 saturated heterocycles. The quantitative estimate of drug-likeness (QED) is 0.321. The summed E-state index contributed by atoms with van der Waals surface area (Å²) in [6.07, 6.45) is 2.11. The zero-order chi connectivity index (χ0) is 19.2. The zero-order valence-electron chi connectivity index (χ0n) is 15.8. The van der Waals surface area contributed by atoms with Crippen molar-refractivity contribution < 1.29 is 0 Å². The Hall–Kier alpha value is -3.91. The molecule has 0 atom stereocenters. The molecule has 29 heavy (non-hydrogen) atoms. The van der Waals surface area contributed by atoms with Crippen LogP contribution in [-0.4, -0.2) is 9.38 Å². The Morgan fingerprint density at radius 3 is 1.83 bits per heavy atom. The fraction of sp³-hybridized carbons (Fsp3) is 0. The molecule has 2 heteroatoms. The molecule has 0 N–H and O–H groups in total. The van der Waals surface area contributed by atoms with Crippen molar-refractivity contribution >= 4 is 27.5 Å².